The predicted molar refractivity (Wildman–Crippen MR) is 113 cm³/mol. The van der Waals surface area contributed by atoms with Gasteiger partial charge in [0.05, 0.1) is 0 Å². The average molecular weight is 342 g/mol. The van der Waals surface area contributed by atoms with Gasteiger partial charge in [-0.05, 0) is 37.5 Å². The number of rotatable bonds is 0. The van der Waals surface area contributed by atoms with Gasteiger partial charge in [-0.25, -0.2) is 0 Å². The molecule has 1 aromatic carbocycles. The van der Waals surface area contributed by atoms with Gasteiger partial charge in [0.2, 0.25) is 0 Å². The van der Waals surface area contributed by atoms with Gasteiger partial charge in [0.15, 0.2) is 0 Å². The van der Waals surface area contributed by atoms with Crippen molar-refractivity contribution in [2.75, 3.05) is 0 Å². The third-order valence-electron chi connectivity index (χ3n) is 4.35. The van der Waals surface area contributed by atoms with E-state index in [0.29, 0.717) is 0 Å². The molecule has 126 valence electrons. The van der Waals surface area contributed by atoms with E-state index in [9.17, 15) is 0 Å². The van der Waals surface area contributed by atoms with Crippen molar-refractivity contribution >= 4 is 0 Å². The Morgan fingerprint density at radius 1 is 0.444 bits per heavy atom. The fourth-order valence-electron chi connectivity index (χ4n) is 2.92. The maximum absolute atomic E-state index is 3.28. The highest BCUT2D eigenvalue weighted by Gasteiger charge is 2.00. The number of benzene rings is 1. The molecular weight excluding hydrogens is 324 g/mol. The van der Waals surface area contributed by atoms with E-state index >= 15 is 0 Å². The number of hydrogen-bond donors (Lipinski definition) is 0. The second kappa shape index (κ2) is 8.15. The summed E-state index contributed by atoms with van der Waals surface area (Å²) in [6.45, 7) is 0. The predicted octanol–water partition coefficient (Wildman–Crippen LogP) is 5.40. The van der Waals surface area contributed by atoms with E-state index in [1.165, 1.54) is 0 Å². The maximum Gasteiger partial charge on any atom is 0.0273 e. The normalized spacial score (nSPS) is 15.8. The van der Waals surface area contributed by atoms with Gasteiger partial charge in [0, 0.05) is 33.4 Å². The summed E-state index contributed by atoms with van der Waals surface area (Å²) in [5.41, 5.74) is 6.29. The maximum atomic E-state index is 3.28. The summed E-state index contributed by atoms with van der Waals surface area (Å²) in [5, 5.41) is 0. The highest BCUT2D eigenvalue weighted by atomic mass is 14.0. The molecule has 0 saturated heterocycles. The Hall–Kier alpha value is -3.66. The zero-order chi connectivity index (χ0) is 18.3. The Morgan fingerprint density at radius 3 is 1.04 bits per heavy atom. The Labute approximate surface area is 161 Å². The lowest BCUT2D eigenvalue weighted by molar-refractivity contribution is 1.36. The molecule has 4 rings (SSSR count). The van der Waals surface area contributed by atoms with Crippen LogP contribution >= 0.6 is 0 Å². The average Bonchev–Trinajstić information content (AvgIpc) is 3.46. The molecule has 3 aliphatic carbocycles. The summed E-state index contributed by atoms with van der Waals surface area (Å²) in [4.78, 5) is 0. The quantitative estimate of drug-likeness (QED) is 0.554. The first kappa shape index (κ1) is 16.8. The second-order valence-corrected chi connectivity index (χ2v) is 6.52. The van der Waals surface area contributed by atoms with Crippen LogP contribution in [-0.2, 0) is 0 Å². The first-order valence-electron chi connectivity index (χ1n) is 9.13. The third kappa shape index (κ3) is 4.70. The van der Waals surface area contributed by atoms with Crippen LogP contribution in [0.1, 0.15) is 36.0 Å². The van der Waals surface area contributed by atoms with Gasteiger partial charge in [0.1, 0.15) is 0 Å². The van der Waals surface area contributed by atoms with E-state index in [2.05, 4.69) is 90.2 Å². The fraction of sp³-hybridized carbons (Fsp3) is 0.111. The van der Waals surface area contributed by atoms with Crippen LogP contribution in [0.25, 0.3) is 0 Å². The second-order valence-electron chi connectivity index (χ2n) is 6.52. The molecule has 0 amide bonds. The molecule has 0 heterocycles. The Morgan fingerprint density at radius 2 is 0.778 bits per heavy atom. The molecule has 0 nitrogen and oxygen atoms in total. The van der Waals surface area contributed by atoms with Gasteiger partial charge >= 0.3 is 0 Å². The van der Waals surface area contributed by atoms with E-state index in [1.54, 1.807) is 0 Å². The molecule has 27 heavy (non-hydrogen) atoms. The minimum atomic E-state index is 0.918. The van der Waals surface area contributed by atoms with Crippen LogP contribution in [0.4, 0.5) is 0 Å². The molecule has 0 atom stereocenters. The highest BCUT2D eigenvalue weighted by molar-refractivity contribution is 5.55. The molecule has 0 fully saturated rings. The molecule has 0 unspecified atom stereocenters. The molecule has 0 aromatic heterocycles. The van der Waals surface area contributed by atoms with Crippen molar-refractivity contribution in [1.29, 1.82) is 0 Å². The minimum absolute atomic E-state index is 0.918. The van der Waals surface area contributed by atoms with Crippen molar-refractivity contribution in [2.45, 2.75) is 19.3 Å². The van der Waals surface area contributed by atoms with E-state index in [4.69, 9.17) is 0 Å². The van der Waals surface area contributed by atoms with Gasteiger partial charge in [-0.2, -0.15) is 0 Å². The lowest BCUT2D eigenvalue weighted by Gasteiger charge is -1.98. The van der Waals surface area contributed by atoms with Crippen molar-refractivity contribution in [2.24, 2.45) is 0 Å². The van der Waals surface area contributed by atoms with Crippen molar-refractivity contribution in [1.82, 2.24) is 0 Å². The topological polar surface area (TPSA) is 0 Å². The summed E-state index contributed by atoms with van der Waals surface area (Å²) >= 11 is 0. The Bertz CT molecular complexity index is 978. The smallest absolute Gasteiger partial charge is 0.0273 e. The number of allylic oxidation sites excluding steroid dienone is 12. The van der Waals surface area contributed by atoms with E-state index < -0.39 is 0 Å². The summed E-state index contributed by atoms with van der Waals surface area (Å²) in [6, 6.07) is 6.15. The van der Waals surface area contributed by atoms with Gasteiger partial charge in [-0.3, -0.25) is 0 Å². The van der Waals surface area contributed by atoms with E-state index in [1.807, 2.05) is 18.2 Å². The van der Waals surface area contributed by atoms with E-state index in [-0.39, 0.29) is 0 Å². The number of hydrogen-bond acceptors (Lipinski definition) is 0. The Balaban J connectivity index is 1.64. The molecule has 0 heteroatoms. The van der Waals surface area contributed by atoms with Crippen LogP contribution < -0.4 is 0 Å². The summed E-state index contributed by atoms with van der Waals surface area (Å²) in [5.74, 6) is 19.6. The monoisotopic (exact) mass is 342 g/mol. The van der Waals surface area contributed by atoms with Gasteiger partial charge in [0.25, 0.3) is 0 Å². The zero-order valence-electron chi connectivity index (χ0n) is 15.0. The SMILES string of the molecule is C(#Cc1cc(C#CC2=CC=CC2)cc(C#CC2=CC=CC2)c1)C1=CC=CC1. The fourth-order valence-corrected chi connectivity index (χ4v) is 2.92. The molecule has 0 saturated carbocycles. The first-order chi connectivity index (χ1) is 13.3. The molecule has 1 aromatic rings. The van der Waals surface area contributed by atoms with Crippen LogP contribution in [0.3, 0.4) is 0 Å². The minimum Gasteiger partial charge on any atom is -0.0794 e. The van der Waals surface area contributed by atoms with Crippen molar-refractivity contribution < 1.29 is 0 Å². The molecular formula is C27H18. The van der Waals surface area contributed by atoms with Crippen LogP contribution in [-0.4, -0.2) is 0 Å². The lowest BCUT2D eigenvalue weighted by atomic mass is 10.0. The third-order valence-corrected chi connectivity index (χ3v) is 4.35. The molecule has 0 radical (unpaired) electrons. The summed E-state index contributed by atoms with van der Waals surface area (Å²) in [7, 11) is 0. The molecule has 0 bridgehead atoms. The Kier molecular flexibility index (Phi) is 5.07. The largest absolute Gasteiger partial charge is 0.0794 e. The van der Waals surface area contributed by atoms with Crippen LogP contribution in [0, 0.1) is 35.5 Å². The summed E-state index contributed by atoms with van der Waals surface area (Å²) in [6.07, 6.45) is 21.5. The first-order valence-corrected chi connectivity index (χ1v) is 9.13. The van der Waals surface area contributed by atoms with Crippen molar-refractivity contribution in [3.8, 4) is 35.5 Å². The van der Waals surface area contributed by atoms with Gasteiger partial charge in [-0.1, -0.05) is 90.2 Å². The van der Waals surface area contributed by atoms with Gasteiger partial charge < -0.3 is 0 Å². The molecule has 0 spiro atoms. The van der Waals surface area contributed by atoms with Crippen molar-refractivity contribution in [3.63, 3.8) is 0 Å². The van der Waals surface area contributed by atoms with Crippen LogP contribution in [0.2, 0.25) is 0 Å². The molecule has 0 aliphatic heterocycles. The molecule has 3 aliphatic rings. The lowest BCUT2D eigenvalue weighted by Crippen LogP contribution is -1.85. The summed E-state index contributed by atoms with van der Waals surface area (Å²) < 4.78 is 0. The van der Waals surface area contributed by atoms with Crippen LogP contribution in [0.5, 0.6) is 0 Å². The van der Waals surface area contributed by atoms with Gasteiger partial charge in [-0.15, -0.1) is 0 Å². The standard InChI is InChI=1S/C27H18/c1-2-8-22(7-1)13-16-25-19-26(17-14-23-9-3-4-10-23)21-27(20-25)18-15-24-11-5-6-12-24/h1-7,9,11,19-21H,8,10,12H2. The zero-order valence-corrected chi connectivity index (χ0v) is 15.0. The highest BCUT2D eigenvalue weighted by Crippen LogP contribution is 2.14. The van der Waals surface area contributed by atoms with Crippen LogP contribution in [0.15, 0.2) is 89.6 Å². The van der Waals surface area contributed by atoms with Crippen molar-refractivity contribution in [3.05, 3.63) is 106 Å². The molecule has 0 N–H and O–H groups in total. The van der Waals surface area contributed by atoms with E-state index in [0.717, 1.165) is 52.7 Å².